The van der Waals surface area contributed by atoms with Crippen LogP contribution in [0.2, 0.25) is 0 Å². The van der Waals surface area contributed by atoms with Crippen LogP contribution in [0.25, 0.3) is 0 Å². The second kappa shape index (κ2) is 7.25. The summed E-state index contributed by atoms with van der Waals surface area (Å²) in [5, 5.41) is 0. The Morgan fingerprint density at radius 3 is 2.64 bits per heavy atom. The Hall–Kier alpha value is -1.12. The first-order valence-corrected chi connectivity index (χ1v) is 11.6. The minimum atomic E-state index is -3.31. The van der Waals surface area contributed by atoms with Gasteiger partial charge in [-0.25, -0.2) is 8.42 Å². The molecule has 8 heteroatoms. The van der Waals surface area contributed by atoms with Crippen molar-refractivity contribution in [2.24, 2.45) is 0 Å². The van der Waals surface area contributed by atoms with Gasteiger partial charge in [-0.1, -0.05) is 24.0 Å². The van der Waals surface area contributed by atoms with Gasteiger partial charge in [0.25, 0.3) is 0 Å². The first-order chi connectivity index (χ1) is 11.8. The van der Waals surface area contributed by atoms with Crippen LogP contribution in [0.3, 0.4) is 0 Å². The molecule has 2 aliphatic heterocycles. The number of ketones is 1. The molecule has 0 amide bonds. The molecule has 1 fully saturated rings. The molecule has 0 bridgehead atoms. The van der Waals surface area contributed by atoms with Crippen molar-refractivity contribution >= 4 is 49.8 Å². The zero-order chi connectivity index (χ0) is 18.2. The number of hydrogen-bond donors (Lipinski definition) is 0. The number of carbonyl (C=O) groups excluding carboxylic acids is 1. The van der Waals surface area contributed by atoms with Gasteiger partial charge in [-0.05, 0) is 49.9 Å². The number of thioether (sulfide) groups is 1. The van der Waals surface area contributed by atoms with Gasteiger partial charge in [-0.15, -0.1) is 0 Å². The van der Waals surface area contributed by atoms with Gasteiger partial charge in [0.1, 0.15) is 4.32 Å². The van der Waals surface area contributed by atoms with E-state index in [2.05, 4.69) is 4.90 Å². The van der Waals surface area contributed by atoms with Crippen molar-refractivity contribution in [3.05, 3.63) is 29.3 Å². The maximum Gasteiger partial charge on any atom is 0.232 e. The Morgan fingerprint density at radius 1 is 1.32 bits per heavy atom. The molecule has 0 N–H and O–H groups in total. The molecule has 1 saturated heterocycles. The molecule has 1 atom stereocenters. The highest BCUT2D eigenvalue weighted by molar-refractivity contribution is 8.23. The van der Waals surface area contributed by atoms with Crippen LogP contribution in [-0.4, -0.2) is 54.6 Å². The minimum absolute atomic E-state index is 0.0276. The van der Waals surface area contributed by atoms with E-state index in [9.17, 15) is 13.2 Å². The summed E-state index contributed by atoms with van der Waals surface area (Å²) in [5.74, 6) is 0.347. The molecule has 2 aliphatic rings. The van der Waals surface area contributed by atoms with Crippen molar-refractivity contribution in [2.75, 3.05) is 29.4 Å². The largest absolute Gasteiger partial charge is 0.358 e. The van der Waals surface area contributed by atoms with Crippen molar-refractivity contribution in [1.29, 1.82) is 0 Å². The van der Waals surface area contributed by atoms with Gasteiger partial charge >= 0.3 is 0 Å². The van der Waals surface area contributed by atoms with Crippen molar-refractivity contribution in [3.63, 3.8) is 0 Å². The molecule has 136 valence electrons. The van der Waals surface area contributed by atoms with Crippen LogP contribution in [0.5, 0.6) is 0 Å². The van der Waals surface area contributed by atoms with E-state index in [0.717, 1.165) is 35.8 Å². The number of sulfonamides is 1. The van der Waals surface area contributed by atoms with Crippen molar-refractivity contribution in [3.8, 4) is 0 Å². The van der Waals surface area contributed by atoms with E-state index < -0.39 is 10.0 Å². The number of carbonyl (C=O) groups is 1. The predicted molar refractivity (Wildman–Crippen MR) is 107 cm³/mol. The second-order valence-corrected chi connectivity index (χ2v) is 10.1. The second-order valence-electron chi connectivity index (χ2n) is 6.63. The van der Waals surface area contributed by atoms with Crippen LogP contribution in [-0.2, 0) is 16.4 Å². The van der Waals surface area contributed by atoms with Gasteiger partial charge in [0.2, 0.25) is 10.0 Å². The summed E-state index contributed by atoms with van der Waals surface area (Å²) < 4.78 is 26.2. The normalized spacial score (nSPS) is 20.0. The van der Waals surface area contributed by atoms with E-state index in [1.807, 2.05) is 13.0 Å². The lowest BCUT2D eigenvalue weighted by Crippen LogP contribution is -2.34. The maximum atomic E-state index is 12.5. The molecule has 0 spiro atoms. The summed E-state index contributed by atoms with van der Waals surface area (Å²) in [6.45, 7) is 3.85. The highest BCUT2D eigenvalue weighted by Gasteiger charge is 2.32. The molecule has 3 rings (SSSR count). The van der Waals surface area contributed by atoms with Crippen molar-refractivity contribution in [2.45, 2.75) is 32.2 Å². The Morgan fingerprint density at radius 2 is 2.00 bits per heavy atom. The summed E-state index contributed by atoms with van der Waals surface area (Å²) in [4.78, 5) is 14.6. The standard InChI is InChI=1S/C17H22N2O3S3/c1-12-9-14-10-13(5-6-15(14)19(12)25(2,21)22)16(20)11-24-17(23)18-7-3-4-8-18/h5-6,10,12H,3-4,7-9,11H2,1-2H3/t12-/m0/s1. The van der Waals surface area contributed by atoms with Crippen LogP contribution >= 0.6 is 24.0 Å². The summed E-state index contributed by atoms with van der Waals surface area (Å²) in [5.41, 5.74) is 2.22. The van der Waals surface area contributed by atoms with Crippen LogP contribution < -0.4 is 4.31 Å². The number of Topliss-reactive ketones (excluding diaryl/α,β-unsaturated/α-hetero) is 1. The number of thiocarbonyl (C=S) groups is 1. The summed E-state index contributed by atoms with van der Waals surface area (Å²) in [6.07, 6.45) is 4.17. The molecule has 25 heavy (non-hydrogen) atoms. The number of benzene rings is 1. The van der Waals surface area contributed by atoms with E-state index in [1.165, 1.54) is 22.3 Å². The Balaban J connectivity index is 1.69. The highest BCUT2D eigenvalue weighted by atomic mass is 32.2. The SMILES string of the molecule is C[C@H]1Cc2cc(C(=O)CSC(=S)N3CCCC3)ccc2N1S(C)(=O)=O. The zero-order valence-corrected chi connectivity index (χ0v) is 16.8. The lowest BCUT2D eigenvalue weighted by molar-refractivity contribution is 0.102. The Kier molecular flexibility index (Phi) is 5.41. The van der Waals surface area contributed by atoms with Gasteiger partial charge in [0.15, 0.2) is 5.78 Å². The van der Waals surface area contributed by atoms with Crippen LogP contribution in [0.1, 0.15) is 35.7 Å². The highest BCUT2D eigenvalue weighted by Crippen LogP contribution is 2.35. The number of likely N-dealkylation sites (tertiary alicyclic amines) is 1. The third kappa shape index (κ3) is 4.01. The monoisotopic (exact) mass is 398 g/mol. The average molecular weight is 399 g/mol. The summed E-state index contributed by atoms with van der Waals surface area (Å²) in [6, 6.07) is 5.18. The zero-order valence-electron chi connectivity index (χ0n) is 14.4. The molecule has 0 saturated carbocycles. The number of nitrogens with zero attached hydrogens (tertiary/aromatic N) is 2. The fraction of sp³-hybridized carbons (Fsp3) is 0.529. The third-order valence-corrected chi connectivity index (χ3v) is 7.40. The van der Waals surface area contributed by atoms with E-state index in [-0.39, 0.29) is 11.8 Å². The number of anilines is 1. The van der Waals surface area contributed by atoms with Gasteiger partial charge in [0, 0.05) is 24.7 Å². The molecule has 1 aromatic rings. The van der Waals surface area contributed by atoms with Gasteiger partial charge in [-0.3, -0.25) is 9.10 Å². The number of hydrogen-bond acceptors (Lipinski definition) is 5. The van der Waals surface area contributed by atoms with E-state index in [1.54, 1.807) is 12.1 Å². The number of fused-ring (bicyclic) bond motifs is 1. The summed E-state index contributed by atoms with van der Waals surface area (Å²) >= 11 is 6.81. The van der Waals surface area contributed by atoms with Crippen molar-refractivity contribution < 1.29 is 13.2 Å². The van der Waals surface area contributed by atoms with E-state index >= 15 is 0 Å². The molecule has 0 radical (unpaired) electrons. The van der Waals surface area contributed by atoms with Crippen molar-refractivity contribution in [1.82, 2.24) is 4.90 Å². The maximum absolute atomic E-state index is 12.5. The average Bonchev–Trinajstić information content (AvgIpc) is 3.17. The van der Waals surface area contributed by atoms with Crippen LogP contribution in [0.15, 0.2) is 18.2 Å². The topological polar surface area (TPSA) is 57.7 Å². The third-order valence-electron chi connectivity index (χ3n) is 4.60. The van der Waals surface area contributed by atoms with Crippen LogP contribution in [0, 0.1) is 0 Å². The van der Waals surface area contributed by atoms with Gasteiger partial charge < -0.3 is 4.90 Å². The summed E-state index contributed by atoms with van der Waals surface area (Å²) in [7, 11) is -3.31. The Bertz CT molecular complexity index is 801. The lowest BCUT2D eigenvalue weighted by Gasteiger charge is -2.22. The van der Waals surface area contributed by atoms with E-state index in [4.69, 9.17) is 12.2 Å². The molecular weight excluding hydrogens is 376 g/mol. The fourth-order valence-electron chi connectivity index (χ4n) is 3.48. The lowest BCUT2D eigenvalue weighted by atomic mass is 10.0. The molecule has 0 aliphatic carbocycles. The Labute approximate surface area is 158 Å². The predicted octanol–water partition coefficient (Wildman–Crippen LogP) is 2.69. The molecule has 0 unspecified atom stereocenters. The molecular formula is C17H22N2O3S3. The first kappa shape index (κ1) is 18.7. The van der Waals surface area contributed by atoms with E-state index in [0.29, 0.717) is 23.4 Å². The van der Waals surface area contributed by atoms with Gasteiger partial charge in [-0.2, -0.15) is 0 Å². The van der Waals surface area contributed by atoms with Crippen LogP contribution in [0.4, 0.5) is 5.69 Å². The smallest absolute Gasteiger partial charge is 0.232 e. The van der Waals surface area contributed by atoms with Gasteiger partial charge in [0.05, 0.1) is 17.7 Å². The molecule has 0 aromatic heterocycles. The fourth-order valence-corrected chi connectivity index (χ4v) is 5.89. The molecule has 5 nitrogen and oxygen atoms in total. The molecule has 2 heterocycles. The molecule has 1 aromatic carbocycles. The minimum Gasteiger partial charge on any atom is -0.358 e. The quantitative estimate of drug-likeness (QED) is 0.574. The number of rotatable bonds is 4. The first-order valence-electron chi connectivity index (χ1n) is 8.34.